The van der Waals surface area contributed by atoms with Crippen molar-refractivity contribution in [3.8, 4) is 0 Å². The molecule has 1 aromatic rings. The number of aliphatic hydroxyl groups is 1. The van der Waals surface area contributed by atoms with Gasteiger partial charge in [0.2, 0.25) is 0 Å². The molecule has 0 bridgehead atoms. The van der Waals surface area contributed by atoms with Crippen LogP contribution in [-0.4, -0.2) is 15.8 Å². The number of aromatic amines is 1. The fourth-order valence-electron chi connectivity index (χ4n) is 1.20. The summed E-state index contributed by atoms with van der Waals surface area (Å²) in [5.41, 5.74) is 0. The highest BCUT2D eigenvalue weighted by Crippen LogP contribution is 2.17. The molecule has 0 aliphatic carbocycles. The molecular formula is C11H19N2OS+. The molecule has 0 aliphatic heterocycles. The molecule has 1 unspecified atom stereocenters. The van der Waals surface area contributed by atoms with E-state index in [0.29, 0.717) is 5.82 Å². The summed E-state index contributed by atoms with van der Waals surface area (Å²) in [6, 6.07) is 0. The summed E-state index contributed by atoms with van der Waals surface area (Å²) in [5.74, 6) is 1.75. The van der Waals surface area contributed by atoms with Gasteiger partial charge >= 0.3 is 5.82 Å². The Morgan fingerprint density at radius 2 is 2.33 bits per heavy atom. The van der Waals surface area contributed by atoms with Crippen LogP contribution in [0.5, 0.6) is 0 Å². The third-order valence-corrected chi connectivity index (χ3v) is 3.15. The molecule has 3 nitrogen and oxygen atoms in total. The Morgan fingerprint density at radius 3 is 2.87 bits per heavy atom. The average molecular weight is 227 g/mol. The third kappa shape index (κ3) is 4.62. The van der Waals surface area contributed by atoms with Crippen LogP contribution >= 0.6 is 11.8 Å². The smallest absolute Gasteiger partial charge is 0.324 e. The first-order valence-corrected chi connectivity index (χ1v) is 6.41. The van der Waals surface area contributed by atoms with Gasteiger partial charge < -0.3 is 5.11 Å². The zero-order chi connectivity index (χ0) is 11.1. The Hall–Kier alpha value is -0.610. The molecule has 4 heteroatoms. The molecule has 0 spiro atoms. The molecule has 15 heavy (non-hydrogen) atoms. The summed E-state index contributed by atoms with van der Waals surface area (Å²) in [7, 11) is 0. The lowest BCUT2D eigenvalue weighted by molar-refractivity contribution is -0.407. The maximum atomic E-state index is 9.26. The van der Waals surface area contributed by atoms with E-state index < -0.39 is 6.10 Å². The van der Waals surface area contributed by atoms with Crippen LogP contribution in [0.25, 0.3) is 0 Å². The van der Waals surface area contributed by atoms with Gasteiger partial charge in [0.05, 0.1) is 4.90 Å². The molecule has 1 aromatic heterocycles. The lowest BCUT2D eigenvalue weighted by Crippen LogP contribution is -2.15. The van der Waals surface area contributed by atoms with E-state index in [1.165, 1.54) is 19.3 Å². The zero-order valence-corrected chi connectivity index (χ0v) is 10.2. The van der Waals surface area contributed by atoms with Gasteiger partial charge in [-0.25, -0.2) is 4.98 Å². The minimum absolute atomic E-state index is 0.524. The van der Waals surface area contributed by atoms with Crippen LogP contribution < -0.4 is 4.98 Å². The van der Waals surface area contributed by atoms with E-state index in [4.69, 9.17) is 0 Å². The highest BCUT2D eigenvalue weighted by atomic mass is 32.2. The molecule has 0 radical (unpaired) electrons. The van der Waals surface area contributed by atoms with E-state index in [9.17, 15) is 5.11 Å². The Labute approximate surface area is 95.3 Å². The van der Waals surface area contributed by atoms with Crippen molar-refractivity contribution in [3.63, 3.8) is 0 Å². The van der Waals surface area contributed by atoms with Crippen molar-refractivity contribution in [1.29, 1.82) is 0 Å². The van der Waals surface area contributed by atoms with E-state index >= 15 is 0 Å². The summed E-state index contributed by atoms with van der Waals surface area (Å²) in [4.78, 5) is 8.28. The van der Waals surface area contributed by atoms with E-state index in [1.54, 1.807) is 18.7 Å². The standard InChI is InChI=1S/C11H18N2OS/c1-3-4-5-6-15-10-7-12-11(9(2)14)13-8-10/h7-9,14H,3-6H2,1-2H3/p+1. The molecule has 0 saturated carbocycles. The Morgan fingerprint density at radius 1 is 1.53 bits per heavy atom. The van der Waals surface area contributed by atoms with E-state index in [1.807, 2.05) is 12.4 Å². The van der Waals surface area contributed by atoms with Gasteiger partial charge in [0, 0.05) is 0 Å². The highest BCUT2D eigenvalue weighted by Gasteiger charge is 2.11. The number of nitrogens with one attached hydrogen (secondary N) is 1. The van der Waals surface area contributed by atoms with Gasteiger partial charge in [0.15, 0.2) is 12.3 Å². The number of nitrogens with zero attached hydrogens (tertiary/aromatic N) is 1. The predicted octanol–water partition coefficient (Wildman–Crippen LogP) is 2.23. The quantitative estimate of drug-likeness (QED) is 0.599. The summed E-state index contributed by atoms with van der Waals surface area (Å²) in [5, 5.41) is 9.26. The van der Waals surface area contributed by atoms with Crippen LogP contribution in [-0.2, 0) is 0 Å². The van der Waals surface area contributed by atoms with Gasteiger partial charge in [0.25, 0.3) is 0 Å². The first kappa shape index (κ1) is 12.5. The van der Waals surface area contributed by atoms with Gasteiger partial charge in [-0.2, -0.15) is 0 Å². The van der Waals surface area contributed by atoms with E-state index in [0.717, 1.165) is 10.6 Å². The largest absolute Gasteiger partial charge is 0.381 e. The normalized spacial score (nSPS) is 12.7. The highest BCUT2D eigenvalue weighted by molar-refractivity contribution is 7.99. The molecule has 84 valence electrons. The monoisotopic (exact) mass is 227 g/mol. The van der Waals surface area contributed by atoms with Crippen LogP contribution in [0, 0.1) is 0 Å². The molecule has 0 amide bonds. The van der Waals surface area contributed by atoms with Crippen molar-refractivity contribution in [1.82, 2.24) is 4.98 Å². The Bertz CT molecular complexity index is 274. The van der Waals surface area contributed by atoms with Gasteiger partial charge in [-0.15, -0.1) is 11.8 Å². The topological polar surface area (TPSA) is 47.3 Å². The van der Waals surface area contributed by atoms with Crippen LogP contribution in [0.3, 0.4) is 0 Å². The molecular weight excluding hydrogens is 208 g/mol. The molecule has 0 saturated heterocycles. The summed E-state index contributed by atoms with van der Waals surface area (Å²) < 4.78 is 0. The average Bonchev–Trinajstić information content (AvgIpc) is 2.25. The molecule has 0 aromatic carbocycles. The number of aromatic nitrogens is 2. The molecule has 0 fully saturated rings. The maximum Gasteiger partial charge on any atom is 0.324 e. The second-order valence-electron chi connectivity index (χ2n) is 3.57. The lowest BCUT2D eigenvalue weighted by Gasteiger charge is -1.98. The number of unbranched alkanes of at least 4 members (excludes halogenated alkanes) is 2. The number of hydrogen-bond acceptors (Lipinski definition) is 3. The zero-order valence-electron chi connectivity index (χ0n) is 9.36. The van der Waals surface area contributed by atoms with Gasteiger partial charge in [-0.1, -0.05) is 24.7 Å². The fourth-order valence-corrected chi connectivity index (χ4v) is 2.06. The molecule has 1 heterocycles. The van der Waals surface area contributed by atoms with Gasteiger partial charge in [0.1, 0.15) is 6.20 Å². The van der Waals surface area contributed by atoms with Crippen LogP contribution in [0.4, 0.5) is 0 Å². The predicted molar refractivity (Wildman–Crippen MR) is 61.7 cm³/mol. The number of thioether (sulfide) groups is 1. The van der Waals surface area contributed by atoms with Crippen molar-refractivity contribution in [3.05, 3.63) is 18.2 Å². The first-order valence-electron chi connectivity index (χ1n) is 5.42. The minimum atomic E-state index is -0.524. The van der Waals surface area contributed by atoms with Gasteiger partial charge in [-0.05, 0) is 19.1 Å². The SMILES string of the molecule is CCCCCSc1cnc(C(C)O)[nH+]c1. The molecule has 1 rings (SSSR count). The maximum absolute atomic E-state index is 9.26. The summed E-state index contributed by atoms with van der Waals surface area (Å²) in [6.07, 6.45) is 6.99. The van der Waals surface area contributed by atoms with Crippen molar-refractivity contribution in [2.24, 2.45) is 0 Å². The second-order valence-corrected chi connectivity index (χ2v) is 4.73. The number of hydrogen-bond donors (Lipinski definition) is 1. The van der Waals surface area contributed by atoms with Crippen LogP contribution in [0.15, 0.2) is 17.3 Å². The number of rotatable bonds is 6. The van der Waals surface area contributed by atoms with Crippen LogP contribution in [0.2, 0.25) is 0 Å². The fraction of sp³-hybridized carbons (Fsp3) is 0.636. The van der Waals surface area contributed by atoms with Crippen molar-refractivity contribution >= 4 is 11.8 Å². The van der Waals surface area contributed by atoms with E-state index in [-0.39, 0.29) is 0 Å². The Balaban J connectivity index is 2.36. The van der Waals surface area contributed by atoms with Crippen molar-refractivity contribution in [2.45, 2.75) is 44.1 Å². The van der Waals surface area contributed by atoms with Crippen molar-refractivity contribution in [2.75, 3.05) is 5.75 Å². The number of H-pyrrole nitrogens is 1. The van der Waals surface area contributed by atoms with E-state index in [2.05, 4.69) is 16.9 Å². The second kappa shape index (κ2) is 6.80. The summed E-state index contributed by atoms with van der Waals surface area (Å²) in [6.45, 7) is 3.91. The first-order chi connectivity index (χ1) is 7.24. The van der Waals surface area contributed by atoms with Gasteiger partial charge in [-0.3, -0.25) is 0 Å². The summed E-state index contributed by atoms with van der Waals surface area (Å²) >= 11 is 1.81. The molecule has 0 aliphatic rings. The van der Waals surface area contributed by atoms with Crippen molar-refractivity contribution < 1.29 is 10.1 Å². The molecule has 2 N–H and O–H groups in total. The lowest BCUT2D eigenvalue weighted by atomic mass is 10.3. The number of aliphatic hydroxyl groups excluding tert-OH is 1. The minimum Gasteiger partial charge on any atom is -0.381 e. The van der Waals surface area contributed by atoms with Crippen LogP contribution in [0.1, 0.15) is 45.0 Å². The molecule has 1 atom stereocenters. The Kier molecular flexibility index (Phi) is 5.65. The third-order valence-electron chi connectivity index (χ3n) is 2.11.